The van der Waals surface area contributed by atoms with Gasteiger partial charge in [-0.1, -0.05) is 17.7 Å². The molecule has 144 valence electrons. The number of carbonyl (C=O) groups is 2. The first-order valence-electron chi connectivity index (χ1n) is 9.47. The van der Waals surface area contributed by atoms with Gasteiger partial charge in [-0.25, -0.2) is 0 Å². The van der Waals surface area contributed by atoms with Crippen molar-refractivity contribution in [3.8, 4) is 0 Å². The molecule has 2 aliphatic rings. The molecule has 0 bridgehead atoms. The quantitative estimate of drug-likeness (QED) is 0.786. The van der Waals surface area contributed by atoms with Gasteiger partial charge in [0.05, 0.1) is 18.9 Å². The number of halogens is 1. The Bertz CT molecular complexity index is 865. The number of esters is 1. The molecule has 2 aliphatic heterocycles. The third-order valence-corrected chi connectivity index (χ3v) is 6.03. The molecule has 2 N–H and O–H groups in total. The number of rotatable bonds is 4. The monoisotopic (exact) mass is 389 g/mol. The minimum Gasteiger partial charge on any atom is -0.466 e. The molecule has 7 heteroatoms. The van der Waals surface area contributed by atoms with E-state index in [0.717, 1.165) is 29.6 Å². The summed E-state index contributed by atoms with van der Waals surface area (Å²) in [7, 11) is 0. The van der Waals surface area contributed by atoms with E-state index >= 15 is 0 Å². The summed E-state index contributed by atoms with van der Waals surface area (Å²) >= 11 is 6.03. The third kappa shape index (κ3) is 3.56. The fourth-order valence-electron chi connectivity index (χ4n) is 4.44. The third-order valence-electron chi connectivity index (χ3n) is 5.79. The number of fused-ring (bicyclic) bond motifs is 2. The standard InChI is InChI=1S/C20H24ClN3O3/c1-2-27-20(26)17-11-24(10-13-7-22-9-16(13)17)19(25)5-12-8-23-18-6-14(21)3-4-15(12)18/h3-4,6,8,13,16-17,22-23H,2,5,7,9-11H2,1H3. The molecule has 4 rings (SSSR count). The van der Waals surface area contributed by atoms with Gasteiger partial charge in [0.1, 0.15) is 0 Å². The van der Waals surface area contributed by atoms with Gasteiger partial charge < -0.3 is 19.9 Å². The summed E-state index contributed by atoms with van der Waals surface area (Å²) in [5.41, 5.74) is 1.87. The van der Waals surface area contributed by atoms with Gasteiger partial charge in [0.15, 0.2) is 0 Å². The molecular weight excluding hydrogens is 366 g/mol. The summed E-state index contributed by atoms with van der Waals surface area (Å²) in [5.74, 6) is 0.174. The van der Waals surface area contributed by atoms with Crippen molar-refractivity contribution in [3.05, 3.63) is 35.0 Å². The zero-order chi connectivity index (χ0) is 19.0. The summed E-state index contributed by atoms with van der Waals surface area (Å²) in [6.07, 6.45) is 2.17. The number of benzene rings is 1. The van der Waals surface area contributed by atoms with Gasteiger partial charge in [-0.15, -0.1) is 0 Å². The summed E-state index contributed by atoms with van der Waals surface area (Å²) < 4.78 is 5.27. The van der Waals surface area contributed by atoms with Crippen molar-refractivity contribution in [3.63, 3.8) is 0 Å². The smallest absolute Gasteiger partial charge is 0.311 e. The molecular formula is C20H24ClN3O3. The van der Waals surface area contributed by atoms with Gasteiger partial charge in [0.25, 0.3) is 0 Å². The van der Waals surface area contributed by atoms with Crippen LogP contribution in [0.2, 0.25) is 5.02 Å². The number of piperidine rings is 1. The minimum atomic E-state index is -0.246. The zero-order valence-electron chi connectivity index (χ0n) is 15.3. The van der Waals surface area contributed by atoms with Gasteiger partial charge >= 0.3 is 5.97 Å². The number of hydrogen-bond donors (Lipinski definition) is 2. The molecule has 1 aromatic heterocycles. The van der Waals surface area contributed by atoms with E-state index in [0.29, 0.717) is 37.1 Å². The first-order valence-corrected chi connectivity index (χ1v) is 9.85. The molecule has 3 atom stereocenters. The first kappa shape index (κ1) is 18.3. The maximum absolute atomic E-state index is 13.0. The second-order valence-electron chi connectivity index (χ2n) is 7.42. The van der Waals surface area contributed by atoms with Crippen LogP contribution in [-0.4, -0.2) is 54.5 Å². The molecule has 3 heterocycles. The van der Waals surface area contributed by atoms with E-state index in [1.807, 2.05) is 36.2 Å². The van der Waals surface area contributed by atoms with Crippen molar-refractivity contribution in [1.29, 1.82) is 0 Å². The van der Waals surface area contributed by atoms with Gasteiger partial charge in [0.2, 0.25) is 5.91 Å². The Balaban J connectivity index is 1.51. The summed E-state index contributed by atoms with van der Waals surface area (Å²) in [4.78, 5) is 30.4. The Morgan fingerprint density at radius 1 is 1.30 bits per heavy atom. The van der Waals surface area contributed by atoms with E-state index in [4.69, 9.17) is 16.3 Å². The molecule has 3 unspecified atom stereocenters. The van der Waals surface area contributed by atoms with E-state index in [-0.39, 0.29) is 23.7 Å². The minimum absolute atomic E-state index is 0.0468. The van der Waals surface area contributed by atoms with Crippen LogP contribution in [0.4, 0.5) is 0 Å². The predicted octanol–water partition coefficient (Wildman–Crippen LogP) is 2.22. The number of H-pyrrole nitrogens is 1. The lowest BCUT2D eigenvalue weighted by atomic mass is 9.79. The van der Waals surface area contributed by atoms with Crippen molar-refractivity contribution in [2.75, 3.05) is 32.8 Å². The molecule has 0 radical (unpaired) electrons. The van der Waals surface area contributed by atoms with Crippen LogP contribution in [0.5, 0.6) is 0 Å². The number of aromatic amines is 1. The highest BCUT2D eigenvalue weighted by Gasteiger charge is 2.44. The molecule has 0 aliphatic carbocycles. The highest BCUT2D eigenvalue weighted by atomic mass is 35.5. The van der Waals surface area contributed by atoms with E-state index in [1.165, 1.54) is 0 Å². The Labute approximate surface area is 163 Å². The SMILES string of the molecule is CCOC(=O)C1CN(C(=O)Cc2c[nH]c3cc(Cl)ccc23)CC2CNCC21. The van der Waals surface area contributed by atoms with Crippen molar-refractivity contribution >= 4 is 34.4 Å². The molecule has 2 aromatic rings. The topological polar surface area (TPSA) is 74.4 Å². The van der Waals surface area contributed by atoms with E-state index in [9.17, 15) is 9.59 Å². The lowest BCUT2D eigenvalue weighted by Gasteiger charge is -2.39. The number of amides is 1. The zero-order valence-corrected chi connectivity index (χ0v) is 16.1. The number of nitrogens with zero attached hydrogens (tertiary/aromatic N) is 1. The number of hydrogen-bond acceptors (Lipinski definition) is 4. The average Bonchev–Trinajstić information content (AvgIpc) is 3.27. The van der Waals surface area contributed by atoms with Gasteiger partial charge in [-0.05, 0) is 49.5 Å². The summed E-state index contributed by atoms with van der Waals surface area (Å²) in [5, 5.41) is 5.03. The van der Waals surface area contributed by atoms with Crippen molar-refractivity contribution in [1.82, 2.24) is 15.2 Å². The number of carbonyl (C=O) groups excluding carboxylic acids is 2. The Morgan fingerprint density at radius 3 is 2.96 bits per heavy atom. The van der Waals surface area contributed by atoms with Crippen LogP contribution in [0.3, 0.4) is 0 Å². The highest BCUT2D eigenvalue weighted by Crippen LogP contribution is 2.33. The molecule has 1 amide bonds. The number of aromatic nitrogens is 1. The number of likely N-dealkylation sites (tertiary alicyclic amines) is 1. The van der Waals surface area contributed by atoms with Crippen molar-refractivity contribution < 1.29 is 14.3 Å². The van der Waals surface area contributed by atoms with Crippen LogP contribution in [-0.2, 0) is 20.7 Å². The molecule has 2 saturated heterocycles. The molecule has 2 fully saturated rings. The second kappa shape index (κ2) is 7.52. The Morgan fingerprint density at radius 2 is 2.15 bits per heavy atom. The summed E-state index contributed by atoms with van der Waals surface area (Å²) in [6, 6.07) is 5.63. The fourth-order valence-corrected chi connectivity index (χ4v) is 4.61. The largest absolute Gasteiger partial charge is 0.466 e. The van der Waals surface area contributed by atoms with Crippen molar-refractivity contribution in [2.45, 2.75) is 13.3 Å². The highest BCUT2D eigenvalue weighted by molar-refractivity contribution is 6.31. The normalized spacial score (nSPS) is 24.8. The lowest BCUT2D eigenvalue weighted by Crippen LogP contribution is -2.51. The van der Waals surface area contributed by atoms with E-state index < -0.39 is 0 Å². The molecule has 1 aromatic carbocycles. The van der Waals surface area contributed by atoms with E-state index in [2.05, 4.69) is 10.3 Å². The maximum Gasteiger partial charge on any atom is 0.311 e. The Hall–Kier alpha value is -2.05. The van der Waals surface area contributed by atoms with Crippen LogP contribution < -0.4 is 5.32 Å². The number of nitrogens with one attached hydrogen (secondary N) is 2. The van der Waals surface area contributed by atoms with Crippen LogP contribution in [0.25, 0.3) is 10.9 Å². The van der Waals surface area contributed by atoms with Gasteiger partial charge in [0, 0.05) is 35.2 Å². The van der Waals surface area contributed by atoms with Gasteiger partial charge in [-0.2, -0.15) is 0 Å². The van der Waals surface area contributed by atoms with Crippen LogP contribution >= 0.6 is 11.6 Å². The van der Waals surface area contributed by atoms with Crippen molar-refractivity contribution in [2.24, 2.45) is 17.8 Å². The molecule has 0 spiro atoms. The molecule has 0 saturated carbocycles. The van der Waals surface area contributed by atoms with Crippen LogP contribution in [0, 0.1) is 17.8 Å². The van der Waals surface area contributed by atoms with Crippen LogP contribution in [0.15, 0.2) is 24.4 Å². The molecule has 6 nitrogen and oxygen atoms in total. The molecule has 27 heavy (non-hydrogen) atoms. The lowest BCUT2D eigenvalue weighted by molar-refractivity contribution is -0.154. The van der Waals surface area contributed by atoms with E-state index in [1.54, 1.807) is 0 Å². The number of ether oxygens (including phenoxy) is 1. The average molecular weight is 390 g/mol. The predicted molar refractivity (Wildman–Crippen MR) is 104 cm³/mol. The fraction of sp³-hybridized carbons (Fsp3) is 0.500. The van der Waals surface area contributed by atoms with Gasteiger partial charge in [-0.3, -0.25) is 9.59 Å². The Kier molecular flexibility index (Phi) is 5.10. The summed E-state index contributed by atoms with van der Waals surface area (Å²) in [6.45, 7) is 4.98. The second-order valence-corrected chi connectivity index (χ2v) is 7.86. The maximum atomic E-state index is 13.0. The first-order chi connectivity index (χ1) is 13.1. The van der Waals surface area contributed by atoms with Crippen LogP contribution in [0.1, 0.15) is 12.5 Å².